The Balaban J connectivity index is 1.66. The highest BCUT2D eigenvalue weighted by Gasteiger charge is 2.31. The molecule has 1 heterocycles. The van der Waals surface area contributed by atoms with Crippen LogP contribution < -0.4 is 14.4 Å². The zero-order valence-corrected chi connectivity index (χ0v) is 17.2. The number of anilines is 1. The van der Waals surface area contributed by atoms with Gasteiger partial charge in [-0.05, 0) is 30.2 Å². The highest BCUT2D eigenvalue weighted by molar-refractivity contribution is 5.82. The zero-order valence-electron chi connectivity index (χ0n) is 17.2. The monoisotopic (exact) mass is 393 g/mol. The third-order valence-corrected chi connectivity index (χ3v) is 5.12. The maximum absolute atomic E-state index is 13.2. The van der Waals surface area contributed by atoms with Crippen molar-refractivity contribution < 1.29 is 14.3 Å². The van der Waals surface area contributed by atoms with Gasteiger partial charge >= 0.3 is 0 Å². The van der Waals surface area contributed by atoms with Gasteiger partial charge in [-0.1, -0.05) is 32.0 Å². The number of hydrogen-bond acceptors (Lipinski definition) is 5. The molecule has 2 aromatic rings. The summed E-state index contributed by atoms with van der Waals surface area (Å²) in [5.41, 5.74) is 1.53. The molecule has 152 valence electrons. The number of nitrogens with zero attached hydrogens (tertiary/aromatic N) is 3. The van der Waals surface area contributed by atoms with Crippen LogP contribution in [0.1, 0.15) is 19.4 Å². The Kier molecular flexibility index (Phi) is 6.61. The maximum atomic E-state index is 13.2. The third kappa shape index (κ3) is 4.80. The van der Waals surface area contributed by atoms with Crippen molar-refractivity contribution in [3.8, 4) is 17.6 Å². The Morgan fingerprint density at radius 1 is 1.07 bits per heavy atom. The van der Waals surface area contributed by atoms with Gasteiger partial charge in [-0.15, -0.1) is 0 Å². The normalized spacial score (nSPS) is 15.0. The van der Waals surface area contributed by atoms with Crippen LogP contribution >= 0.6 is 0 Å². The van der Waals surface area contributed by atoms with Gasteiger partial charge < -0.3 is 19.3 Å². The lowest BCUT2D eigenvalue weighted by atomic mass is 10.0. The molecular formula is C23H27N3O3. The van der Waals surface area contributed by atoms with Gasteiger partial charge in [0, 0.05) is 37.9 Å². The predicted molar refractivity (Wildman–Crippen MR) is 112 cm³/mol. The van der Waals surface area contributed by atoms with Crippen LogP contribution in [0.4, 0.5) is 5.69 Å². The highest BCUT2D eigenvalue weighted by Crippen LogP contribution is 2.24. The van der Waals surface area contributed by atoms with Crippen LogP contribution in [0.5, 0.6) is 11.5 Å². The summed E-state index contributed by atoms with van der Waals surface area (Å²) < 4.78 is 11.3. The number of methoxy groups -OCH3 is 1. The summed E-state index contributed by atoms with van der Waals surface area (Å²) in [6, 6.07) is 17.1. The number of ether oxygens (including phenoxy) is 2. The van der Waals surface area contributed by atoms with E-state index in [0.29, 0.717) is 24.4 Å². The van der Waals surface area contributed by atoms with Gasteiger partial charge in [-0.3, -0.25) is 4.79 Å². The van der Waals surface area contributed by atoms with Gasteiger partial charge in [0.1, 0.15) is 17.6 Å². The molecule has 0 N–H and O–H groups in total. The van der Waals surface area contributed by atoms with E-state index in [2.05, 4.69) is 17.0 Å². The summed E-state index contributed by atoms with van der Waals surface area (Å²) in [6.45, 7) is 6.68. The van der Waals surface area contributed by atoms with E-state index in [-0.39, 0.29) is 11.8 Å². The number of amides is 1. The van der Waals surface area contributed by atoms with E-state index < -0.39 is 6.10 Å². The summed E-state index contributed by atoms with van der Waals surface area (Å²) in [5.74, 6) is 1.24. The molecule has 1 amide bonds. The molecule has 1 atom stereocenters. The Labute approximate surface area is 172 Å². The number of nitriles is 1. The molecule has 1 saturated heterocycles. The molecule has 0 aliphatic carbocycles. The van der Waals surface area contributed by atoms with Gasteiger partial charge in [0.25, 0.3) is 5.91 Å². The molecule has 0 radical (unpaired) electrons. The van der Waals surface area contributed by atoms with Crippen molar-refractivity contribution in [1.82, 2.24) is 4.90 Å². The quantitative estimate of drug-likeness (QED) is 0.753. The largest absolute Gasteiger partial charge is 0.497 e. The van der Waals surface area contributed by atoms with Crippen LogP contribution in [0, 0.1) is 17.2 Å². The fourth-order valence-corrected chi connectivity index (χ4v) is 3.44. The van der Waals surface area contributed by atoms with E-state index in [0.717, 1.165) is 24.5 Å². The second-order valence-electron chi connectivity index (χ2n) is 7.40. The average molecular weight is 393 g/mol. The van der Waals surface area contributed by atoms with Crippen LogP contribution in [-0.2, 0) is 4.79 Å². The van der Waals surface area contributed by atoms with Gasteiger partial charge in [0.05, 0.1) is 12.7 Å². The van der Waals surface area contributed by atoms with Crippen molar-refractivity contribution in [3.63, 3.8) is 0 Å². The SMILES string of the molecule is COc1cccc(N2CCN(C(=O)C(Oc3ccccc3C#N)C(C)C)CC2)c1. The lowest BCUT2D eigenvalue weighted by Crippen LogP contribution is -2.53. The van der Waals surface area contributed by atoms with E-state index >= 15 is 0 Å². The van der Waals surface area contributed by atoms with Gasteiger partial charge in [0.2, 0.25) is 0 Å². The van der Waals surface area contributed by atoms with E-state index in [4.69, 9.17) is 9.47 Å². The van der Waals surface area contributed by atoms with Gasteiger partial charge in [-0.2, -0.15) is 5.26 Å². The molecule has 0 bridgehead atoms. The average Bonchev–Trinajstić information content (AvgIpc) is 2.77. The van der Waals surface area contributed by atoms with Crippen molar-refractivity contribution in [2.24, 2.45) is 5.92 Å². The zero-order chi connectivity index (χ0) is 20.8. The minimum Gasteiger partial charge on any atom is -0.497 e. The molecule has 1 fully saturated rings. The van der Waals surface area contributed by atoms with Crippen LogP contribution in [0.15, 0.2) is 48.5 Å². The van der Waals surface area contributed by atoms with Crippen molar-refractivity contribution in [2.75, 3.05) is 38.2 Å². The Morgan fingerprint density at radius 2 is 1.79 bits per heavy atom. The summed E-state index contributed by atoms with van der Waals surface area (Å²) in [5, 5.41) is 9.29. The lowest BCUT2D eigenvalue weighted by Gasteiger charge is -2.38. The van der Waals surface area contributed by atoms with Crippen LogP contribution in [0.3, 0.4) is 0 Å². The van der Waals surface area contributed by atoms with Crippen molar-refractivity contribution in [3.05, 3.63) is 54.1 Å². The molecule has 1 aliphatic heterocycles. The van der Waals surface area contributed by atoms with Crippen molar-refractivity contribution >= 4 is 11.6 Å². The number of hydrogen-bond donors (Lipinski definition) is 0. The number of carbonyl (C=O) groups is 1. The fraction of sp³-hybridized carbons (Fsp3) is 0.391. The maximum Gasteiger partial charge on any atom is 0.264 e. The molecular weight excluding hydrogens is 366 g/mol. The minimum atomic E-state index is -0.618. The standard InChI is InChI=1S/C23H27N3O3/c1-17(2)22(29-21-10-5-4-7-18(21)16-24)23(27)26-13-11-25(12-14-26)19-8-6-9-20(15-19)28-3/h4-10,15,17,22H,11-14H2,1-3H3. The fourth-order valence-electron chi connectivity index (χ4n) is 3.44. The first kappa shape index (κ1) is 20.5. The summed E-state index contributed by atoms with van der Waals surface area (Å²) >= 11 is 0. The second kappa shape index (κ2) is 9.33. The minimum absolute atomic E-state index is 0.00865. The Hall–Kier alpha value is -3.20. The van der Waals surface area contributed by atoms with Crippen molar-refractivity contribution in [1.29, 1.82) is 5.26 Å². The summed E-state index contributed by atoms with van der Waals surface area (Å²) in [6.07, 6.45) is -0.618. The summed E-state index contributed by atoms with van der Waals surface area (Å²) in [7, 11) is 1.66. The first-order valence-electron chi connectivity index (χ1n) is 9.87. The number of piperazine rings is 1. The topological polar surface area (TPSA) is 65.8 Å². The predicted octanol–water partition coefficient (Wildman–Crippen LogP) is 3.32. The molecule has 6 heteroatoms. The highest BCUT2D eigenvalue weighted by atomic mass is 16.5. The number of para-hydroxylation sites is 1. The Bertz CT molecular complexity index is 883. The molecule has 1 aliphatic rings. The lowest BCUT2D eigenvalue weighted by molar-refractivity contribution is -0.141. The molecule has 3 rings (SSSR count). The van der Waals surface area contributed by atoms with Crippen LogP contribution in [0.2, 0.25) is 0 Å². The first-order valence-corrected chi connectivity index (χ1v) is 9.87. The van der Waals surface area contributed by atoms with Crippen LogP contribution in [-0.4, -0.2) is 50.2 Å². The molecule has 6 nitrogen and oxygen atoms in total. The van der Waals surface area contributed by atoms with Gasteiger partial charge in [0.15, 0.2) is 6.10 Å². The summed E-state index contributed by atoms with van der Waals surface area (Å²) in [4.78, 5) is 17.3. The molecule has 0 aromatic heterocycles. The van der Waals surface area contributed by atoms with Crippen molar-refractivity contribution in [2.45, 2.75) is 20.0 Å². The Morgan fingerprint density at radius 3 is 2.45 bits per heavy atom. The smallest absolute Gasteiger partial charge is 0.264 e. The molecule has 29 heavy (non-hydrogen) atoms. The molecule has 1 unspecified atom stereocenters. The van der Waals surface area contributed by atoms with Gasteiger partial charge in [-0.25, -0.2) is 0 Å². The van der Waals surface area contributed by atoms with E-state index in [1.54, 1.807) is 25.3 Å². The molecule has 2 aromatic carbocycles. The first-order chi connectivity index (χ1) is 14.0. The number of carbonyl (C=O) groups excluding carboxylic acids is 1. The van der Waals surface area contributed by atoms with Crippen LogP contribution in [0.25, 0.3) is 0 Å². The molecule has 0 spiro atoms. The molecule has 0 saturated carbocycles. The second-order valence-corrected chi connectivity index (χ2v) is 7.40. The number of rotatable bonds is 6. The third-order valence-electron chi connectivity index (χ3n) is 5.12. The van der Waals surface area contributed by atoms with E-state index in [1.807, 2.05) is 43.0 Å². The van der Waals surface area contributed by atoms with E-state index in [1.165, 1.54) is 0 Å². The van der Waals surface area contributed by atoms with E-state index in [9.17, 15) is 10.1 Å². The number of benzene rings is 2.